The van der Waals surface area contributed by atoms with Crippen LogP contribution in [-0.4, -0.2) is 71.5 Å². The smallest absolute Gasteiger partial charge is 0.416 e. The average molecular weight is 685 g/mol. The van der Waals surface area contributed by atoms with Crippen molar-refractivity contribution in [3.8, 4) is 5.75 Å². The standard InChI is InChI=1S/C32H32ClF3N8O4/c1-5-21-27(42-10-11-43(23-9-8-22(23)42)31(48)26-28(46)17(4)37-14-38-26)29(47)25-30(40-16(3)15(2)39-25)44(21)13-24(45)41-20-7-6-18(12-19(20)33)32(34,35)36/h6-7,12,14,22-23,46H,5,8-11,13H2,1-4H3,(H,41,45)/t22-,23-/m0/s1. The maximum atomic E-state index is 14.3. The van der Waals surface area contributed by atoms with Crippen LogP contribution in [0.25, 0.3) is 11.2 Å². The summed E-state index contributed by atoms with van der Waals surface area (Å²) in [5.74, 6) is -1.29. The van der Waals surface area contributed by atoms with E-state index in [1.165, 1.54) is 6.33 Å². The number of nitrogens with one attached hydrogen (secondary N) is 1. The van der Waals surface area contributed by atoms with Crippen LogP contribution in [0.15, 0.2) is 29.3 Å². The number of anilines is 2. The molecule has 252 valence electrons. The molecule has 4 heterocycles. The minimum atomic E-state index is -4.60. The number of carbonyl (C=O) groups excluding carboxylic acids is 2. The second-order valence-electron chi connectivity index (χ2n) is 11.9. The lowest BCUT2D eigenvalue weighted by molar-refractivity contribution is -0.137. The van der Waals surface area contributed by atoms with E-state index in [0.717, 1.165) is 18.2 Å². The minimum Gasteiger partial charge on any atom is -0.504 e. The zero-order valence-electron chi connectivity index (χ0n) is 26.5. The molecular weight excluding hydrogens is 653 g/mol. The molecule has 16 heteroatoms. The normalized spacial score (nSPS) is 17.7. The van der Waals surface area contributed by atoms with Gasteiger partial charge in [-0.2, -0.15) is 13.2 Å². The van der Waals surface area contributed by atoms with Crippen molar-refractivity contribution in [3.05, 3.63) is 73.8 Å². The van der Waals surface area contributed by atoms with Gasteiger partial charge in [0, 0.05) is 24.8 Å². The summed E-state index contributed by atoms with van der Waals surface area (Å²) in [4.78, 5) is 62.1. The SMILES string of the molecule is CCc1c(N2CCN(C(=O)c3ncnc(C)c3O)[C@H]3CC[C@@H]32)c(=O)c2nc(C)c(C)nc2n1CC(=O)Nc1ccc(C(F)(F)F)cc1Cl. The highest BCUT2D eigenvalue weighted by molar-refractivity contribution is 6.33. The summed E-state index contributed by atoms with van der Waals surface area (Å²) in [5.41, 5.74) is 1.16. The summed E-state index contributed by atoms with van der Waals surface area (Å²) in [6, 6.07) is 2.18. The van der Waals surface area contributed by atoms with Gasteiger partial charge in [0.25, 0.3) is 5.91 Å². The fourth-order valence-corrected chi connectivity index (χ4v) is 6.64. The zero-order valence-corrected chi connectivity index (χ0v) is 27.3. The van der Waals surface area contributed by atoms with E-state index in [1.807, 2.05) is 11.8 Å². The number of hydrogen-bond acceptors (Lipinski definition) is 9. The molecule has 0 bridgehead atoms. The van der Waals surface area contributed by atoms with E-state index in [1.54, 1.807) is 30.2 Å². The van der Waals surface area contributed by atoms with Gasteiger partial charge in [0.1, 0.15) is 18.6 Å². The predicted octanol–water partition coefficient (Wildman–Crippen LogP) is 4.58. The second-order valence-corrected chi connectivity index (χ2v) is 12.3. The van der Waals surface area contributed by atoms with E-state index in [2.05, 4.69) is 25.3 Å². The Labute approximate surface area is 277 Å². The number of rotatable bonds is 6. The van der Waals surface area contributed by atoms with Crippen molar-refractivity contribution in [2.24, 2.45) is 0 Å². The molecule has 12 nitrogen and oxygen atoms in total. The minimum absolute atomic E-state index is 0.000542. The molecule has 48 heavy (non-hydrogen) atoms. The van der Waals surface area contributed by atoms with Crippen molar-refractivity contribution in [2.45, 2.75) is 71.8 Å². The van der Waals surface area contributed by atoms with Crippen LogP contribution in [0.5, 0.6) is 5.75 Å². The molecule has 1 aliphatic heterocycles. The molecule has 2 fully saturated rings. The molecule has 4 aromatic rings. The third-order valence-electron chi connectivity index (χ3n) is 9.12. The first-order chi connectivity index (χ1) is 22.7. The molecule has 3 aromatic heterocycles. The van der Waals surface area contributed by atoms with Crippen LogP contribution in [-0.2, 0) is 23.9 Å². The van der Waals surface area contributed by atoms with Gasteiger partial charge in [0.15, 0.2) is 22.6 Å². The van der Waals surface area contributed by atoms with Crippen LogP contribution in [0.3, 0.4) is 0 Å². The topological polar surface area (TPSA) is 146 Å². The van der Waals surface area contributed by atoms with E-state index < -0.39 is 23.6 Å². The summed E-state index contributed by atoms with van der Waals surface area (Å²) in [7, 11) is 0. The Kier molecular flexibility index (Phi) is 8.52. The Morgan fingerprint density at radius 2 is 1.75 bits per heavy atom. The first-order valence-electron chi connectivity index (χ1n) is 15.4. The summed E-state index contributed by atoms with van der Waals surface area (Å²) in [6.07, 6.45) is -1.68. The molecule has 0 radical (unpaired) electrons. The third kappa shape index (κ3) is 5.69. The summed E-state index contributed by atoms with van der Waals surface area (Å²) in [6.45, 7) is 7.10. The monoisotopic (exact) mass is 684 g/mol. The lowest BCUT2D eigenvalue weighted by Crippen LogP contribution is -2.67. The van der Waals surface area contributed by atoms with Gasteiger partial charge >= 0.3 is 6.18 Å². The number of carbonyl (C=O) groups is 2. The molecule has 2 aliphatic rings. The Hall–Kier alpha value is -4.79. The zero-order chi connectivity index (χ0) is 34.7. The van der Waals surface area contributed by atoms with Gasteiger partial charge in [-0.3, -0.25) is 14.4 Å². The van der Waals surface area contributed by atoms with Crippen LogP contribution < -0.4 is 15.6 Å². The van der Waals surface area contributed by atoms with Gasteiger partial charge in [-0.05, 0) is 58.2 Å². The number of piperazine rings is 1. The molecule has 6 rings (SSSR count). The fourth-order valence-electron chi connectivity index (χ4n) is 6.41. The Balaban J connectivity index is 1.38. The van der Waals surface area contributed by atoms with Gasteiger partial charge in [-0.25, -0.2) is 19.9 Å². The molecule has 1 aromatic carbocycles. The number of halogens is 4. The van der Waals surface area contributed by atoms with Crippen LogP contribution in [0.1, 0.15) is 58.6 Å². The van der Waals surface area contributed by atoms with Crippen LogP contribution in [0.2, 0.25) is 5.02 Å². The number of pyridine rings is 1. The van der Waals surface area contributed by atoms with E-state index >= 15 is 0 Å². The number of amides is 2. The van der Waals surface area contributed by atoms with Crippen molar-refractivity contribution >= 4 is 46.0 Å². The fraction of sp³-hybridized carbons (Fsp3) is 0.406. The lowest BCUT2D eigenvalue weighted by Gasteiger charge is -2.54. The lowest BCUT2D eigenvalue weighted by atomic mass is 9.81. The first-order valence-corrected chi connectivity index (χ1v) is 15.7. The number of hydrogen-bond donors (Lipinski definition) is 2. The van der Waals surface area contributed by atoms with Crippen molar-refractivity contribution in [1.29, 1.82) is 0 Å². The number of aromatic nitrogens is 5. The van der Waals surface area contributed by atoms with E-state index in [9.17, 15) is 32.7 Å². The Morgan fingerprint density at radius 3 is 2.40 bits per heavy atom. The predicted molar refractivity (Wildman–Crippen MR) is 171 cm³/mol. The van der Waals surface area contributed by atoms with Crippen LogP contribution >= 0.6 is 11.6 Å². The number of aryl methyl sites for hydroxylation is 3. The summed E-state index contributed by atoms with van der Waals surface area (Å²) < 4.78 is 41.1. The van der Waals surface area contributed by atoms with Gasteiger partial charge in [-0.1, -0.05) is 18.5 Å². The second kappa shape index (κ2) is 12.3. The van der Waals surface area contributed by atoms with Gasteiger partial charge in [0.2, 0.25) is 11.3 Å². The van der Waals surface area contributed by atoms with Crippen molar-refractivity contribution in [3.63, 3.8) is 0 Å². The largest absolute Gasteiger partial charge is 0.504 e. The quantitative estimate of drug-likeness (QED) is 0.298. The molecule has 2 atom stereocenters. The molecule has 1 saturated carbocycles. The number of benzene rings is 1. The number of alkyl halides is 3. The molecule has 0 unspecified atom stereocenters. The van der Waals surface area contributed by atoms with Crippen LogP contribution in [0.4, 0.5) is 24.5 Å². The number of nitrogens with zero attached hydrogens (tertiary/aromatic N) is 7. The molecule has 1 aliphatic carbocycles. The average Bonchev–Trinajstić information content (AvgIpc) is 3.01. The number of aromatic hydroxyl groups is 1. The van der Waals surface area contributed by atoms with Gasteiger partial charge < -0.3 is 24.8 Å². The Morgan fingerprint density at radius 1 is 1.04 bits per heavy atom. The maximum Gasteiger partial charge on any atom is 0.416 e. The van der Waals surface area contributed by atoms with E-state index in [-0.39, 0.29) is 76.2 Å². The van der Waals surface area contributed by atoms with E-state index in [4.69, 9.17) is 11.6 Å². The molecule has 0 spiro atoms. The summed E-state index contributed by atoms with van der Waals surface area (Å²) >= 11 is 6.11. The first kappa shape index (κ1) is 33.1. The highest BCUT2D eigenvalue weighted by Crippen LogP contribution is 2.39. The summed E-state index contributed by atoms with van der Waals surface area (Å²) in [5, 5.41) is 12.8. The molecule has 2 N–H and O–H groups in total. The highest BCUT2D eigenvalue weighted by atomic mass is 35.5. The maximum absolute atomic E-state index is 14.3. The molecular formula is C32H32ClF3N8O4. The van der Waals surface area contributed by atoms with Crippen molar-refractivity contribution in [1.82, 2.24) is 29.4 Å². The van der Waals surface area contributed by atoms with Gasteiger partial charge in [0.05, 0.1) is 39.4 Å². The molecule has 1 saturated heterocycles. The third-order valence-corrected chi connectivity index (χ3v) is 9.43. The number of fused-ring (bicyclic) bond motifs is 2. The van der Waals surface area contributed by atoms with Crippen molar-refractivity contribution < 1.29 is 27.9 Å². The van der Waals surface area contributed by atoms with Crippen molar-refractivity contribution in [2.75, 3.05) is 23.3 Å². The van der Waals surface area contributed by atoms with Gasteiger partial charge in [-0.15, -0.1) is 0 Å². The van der Waals surface area contributed by atoms with E-state index in [0.29, 0.717) is 42.0 Å². The Bertz CT molecular complexity index is 2040. The molecule has 2 amide bonds. The van der Waals surface area contributed by atoms with Crippen LogP contribution in [0, 0.1) is 20.8 Å². The highest BCUT2D eigenvalue weighted by Gasteiger charge is 2.47.